The Labute approximate surface area is 203 Å². The minimum Gasteiger partial charge on any atom is -0.364 e. The molecule has 3 atom stereocenters. The van der Waals surface area contributed by atoms with Crippen molar-refractivity contribution in [2.45, 2.75) is 64.7 Å². The van der Waals surface area contributed by atoms with Gasteiger partial charge in [-0.15, -0.1) is 0 Å². The predicted molar refractivity (Wildman–Crippen MR) is 130 cm³/mol. The Balaban J connectivity index is 1.69. The molecule has 0 aromatic carbocycles. The molecular weight excluding hydrogens is 452 g/mol. The van der Waals surface area contributed by atoms with E-state index in [4.69, 9.17) is 5.26 Å². The quantitative estimate of drug-likeness (QED) is 0.505. The van der Waals surface area contributed by atoms with Crippen molar-refractivity contribution in [3.8, 4) is 6.07 Å². The number of alkyl halides is 2. The molecule has 0 amide bonds. The van der Waals surface area contributed by atoms with Gasteiger partial charge in [0.05, 0.1) is 23.5 Å². The lowest BCUT2D eigenvalue weighted by molar-refractivity contribution is 0.101. The number of rotatable bonds is 7. The first-order valence-corrected chi connectivity index (χ1v) is 12.0. The van der Waals surface area contributed by atoms with Crippen molar-refractivity contribution in [1.82, 2.24) is 24.2 Å². The Hall–Kier alpha value is -3.32. The van der Waals surface area contributed by atoms with Crippen LogP contribution in [0.25, 0.3) is 11.0 Å². The summed E-state index contributed by atoms with van der Waals surface area (Å²) < 4.78 is 29.0. The van der Waals surface area contributed by atoms with E-state index in [-0.39, 0.29) is 35.9 Å². The number of piperazine rings is 1. The summed E-state index contributed by atoms with van der Waals surface area (Å²) >= 11 is 0. The molecule has 0 N–H and O–H groups in total. The zero-order chi connectivity index (χ0) is 25.3. The fourth-order valence-electron chi connectivity index (χ4n) is 5.05. The number of halogens is 2. The Bertz CT molecular complexity index is 1280. The highest BCUT2D eigenvalue weighted by Gasteiger charge is 2.36. The molecule has 0 unspecified atom stereocenters. The Morgan fingerprint density at radius 1 is 1.20 bits per heavy atom. The van der Waals surface area contributed by atoms with Crippen LogP contribution in [0.3, 0.4) is 0 Å². The van der Waals surface area contributed by atoms with Crippen molar-refractivity contribution < 1.29 is 8.78 Å². The van der Waals surface area contributed by atoms with E-state index in [1.807, 2.05) is 0 Å². The van der Waals surface area contributed by atoms with E-state index in [0.717, 1.165) is 30.6 Å². The number of fused-ring (bicyclic) bond motifs is 1. The fraction of sp³-hybridized carbons (Fsp3) is 0.520. The third-order valence-corrected chi connectivity index (χ3v) is 7.17. The lowest BCUT2D eigenvalue weighted by atomic mass is 9.97. The average Bonchev–Trinajstić information content (AvgIpc) is 3.29. The molecule has 35 heavy (non-hydrogen) atoms. The molecule has 8 nitrogen and oxygen atoms in total. The summed E-state index contributed by atoms with van der Waals surface area (Å²) in [6.45, 7) is 7.91. The molecular formula is C25H31F2N7O. The zero-order valence-corrected chi connectivity index (χ0v) is 20.5. The summed E-state index contributed by atoms with van der Waals surface area (Å²) in [6, 6.07) is 7.21. The van der Waals surface area contributed by atoms with Crippen LogP contribution in [0.1, 0.15) is 57.3 Å². The van der Waals surface area contributed by atoms with Crippen LogP contribution in [-0.4, -0.2) is 49.4 Å². The van der Waals surface area contributed by atoms with Crippen LogP contribution in [0.2, 0.25) is 0 Å². The average molecular weight is 484 g/mol. The highest BCUT2D eigenvalue weighted by molar-refractivity contribution is 5.88. The third-order valence-electron chi connectivity index (χ3n) is 7.17. The normalized spacial score (nSPS) is 19.9. The number of hydrogen-bond acceptors (Lipinski definition) is 6. The molecule has 1 fully saturated rings. The molecule has 0 radical (unpaired) electrons. The minimum absolute atomic E-state index is 0.00821. The van der Waals surface area contributed by atoms with Crippen LogP contribution in [0.15, 0.2) is 35.4 Å². The van der Waals surface area contributed by atoms with Gasteiger partial charge >= 0.3 is 0 Å². The number of aryl methyl sites for hydroxylation is 1. The van der Waals surface area contributed by atoms with Gasteiger partial charge in [-0.2, -0.15) is 10.4 Å². The van der Waals surface area contributed by atoms with Gasteiger partial charge in [-0.25, -0.2) is 8.78 Å². The van der Waals surface area contributed by atoms with E-state index in [2.05, 4.69) is 46.7 Å². The molecule has 1 aliphatic heterocycles. The summed E-state index contributed by atoms with van der Waals surface area (Å²) in [4.78, 5) is 21.5. The topological polar surface area (TPSA) is 83.0 Å². The van der Waals surface area contributed by atoms with Gasteiger partial charge in [-0.05, 0) is 31.4 Å². The van der Waals surface area contributed by atoms with E-state index in [1.54, 1.807) is 40.8 Å². The molecule has 3 aromatic rings. The molecule has 4 rings (SSSR count). The minimum atomic E-state index is -2.58. The summed E-state index contributed by atoms with van der Waals surface area (Å²) in [7, 11) is 1.71. The lowest BCUT2D eigenvalue weighted by Crippen LogP contribution is -2.58. The van der Waals surface area contributed by atoms with Gasteiger partial charge in [0.2, 0.25) is 0 Å². The van der Waals surface area contributed by atoms with Crippen molar-refractivity contribution in [1.29, 1.82) is 5.26 Å². The van der Waals surface area contributed by atoms with E-state index in [9.17, 15) is 13.6 Å². The number of aromatic nitrogens is 4. The second-order valence-electron chi connectivity index (χ2n) is 9.11. The monoisotopic (exact) mass is 483 g/mol. The second kappa shape index (κ2) is 10.1. The Morgan fingerprint density at radius 2 is 1.94 bits per heavy atom. The van der Waals surface area contributed by atoms with Crippen LogP contribution in [-0.2, 0) is 13.6 Å². The maximum absolute atomic E-state index is 13.0. The van der Waals surface area contributed by atoms with Crippen molar-refractivity contribution in [3.05, 3.63) is 52.2 Å². The number of nitriles is 1. The molecule has 10 heteroatoms. The van der Waals surface area contributed by atoms with Crippen molar-refractivity contribution in [3.63, 3.8) is 0 Å². The summed E-state index contributed by atoms with van der Waals surface area (Å²) in [6.07, 6.45) is 2.46. The summed E-state index contributed by atoms with van der Waals surface area (Å²) in [5.41, 5.74) is 2.78. The van der Waals surface area contributed by atoms with Gasteiger partial charge in [-0.1, -0.05) is 19.9 Å². The van der Waals surface area contributed by atoms with E-state index in [1.165, 1.54) is 6.07 Å². The molecule has 0 saturated carbocycles. The van der Waals surface area contributed by atoms with Gasteiger partial charge in [0.25, 0.3) is 12.0 Å². The van der Waals surface area contributed by atoms with E-state index >= 15 is 0 Å². The number of nitrogens with zero attached hydrogens (tertiary/aromatic N) is 7. The van der Waals surface area contributed by atoms with Crippen molar-refractivity contribution in [2.24, 2.45) is 7.05 Å². The fourth-order valence-corrected chi connectivity index (χ4v) is 5.05. The maximum Gasteiger partial charge on any atom is 0.280 e. The Morgan fingerprint density at radius 3 is 2.54 bits per heavy atom. The van der Waals surface area contributed by atoms with Crippen LogP contribution in [0.5, 0.6) is 0 Å². The van der Waals surface area contributed by atoms with Gasteiger partial charge in [-0.3, -0.25) is 19.4 Å². The number of hydrogen-bond donors (Lipinski definition) is 0. The van der Waals surface area contributed by atoms with E-state index in [0.29, 0.717) is 17.6 Å². The molecule has 0 bridgehead atoms. The van der Waals surface area contributed by atoms with Gasteiger partial charge < -0.3 is 9.47 Å². The van der Waals surface area contributed by atoms with Crippen LogP contribution in [0.4, 0.5) is 14.5 Å². The highest BCUT2D eigenvalue weighted by Crippen LogP contribution is 2.34. The molecule has 1 aliphatic rings. The first-order chi connectivity index (χ1) is 16.8. The van der Waals surface area contributed by atoms with Gasteiger partial charge in [0.1, 0.15) is 17.8 Å². The standard InChI is InChI=1S/C25H31F2N7O/c1-5-18-14-34(21-11-23(35)31(4)22-15-32(10-9-28)30-24(21)22)19(6-2)13-33(18)16(3)17-7-8-20(25(26)27)29-12-17/h7-8,11-12,15-16,18-19,25H,5-6,10,13-14H2,1-4H3/t16-,18-,19+/m1/s1. The summed E-state index contributed by atoms with van der Waals surface area (Å²) in [5.74, 6) is 0. The second-order valence-corrected chi connectivity index (χ2v) is 9.11. The molecule has 186 valence electrons. The van der Waals surface area contributed by atoms with Crippen LogP contribution >= 0.6 is 0 Å². The van der Waals surface area contributed by atoms with Gasteiger partial charge in [0, 0.05) is 50.5 Å². The molecule has 4 heterocycles. The van der Waals surface area contributed by atoms with Crippen LogP contribution in [0, 0.1) is 11.3 Å². The number of anilines is 1. The van der Waals surface area contributed by atoms with Crippen LogP contribution < -0.4 is 10.5 Å². The van der Waals surface area contributed by atoms with Crippen molar-refractivity contribution in [2.75, 3.05) is 18.0 Å². The van der Waals surface area contributed by atoms with E-state index < -0.39 is 6.43 Å². The maximum atomic E-state index is 13.0. The zero-order valence-electron chi connectivity index (χ0n) is 20.5. The first kappa shape index (κ1) is 24.8. The number of pyridine rings is 2. The highest BCUT2D eigenvalue weighted by atomic mass is 19.3. The predicted octanol–water partition coefficient (Wildman–Crippen LogP) is 4.03. The first-order valence-electron chi connectivity index (χ1n) is 12.0. The SMILES string of the molecule is CC[C@H]1CN([C@H](C)c2ccc(C(F)F)nc2)[C@H](CC)CN1c1cc(=O)n(C)c2cn(CC#N)nc12. The smallest absolute Gasteiger partial charge is 0.280 e. The third kappa shape index (κ3) is 4.65. The molecule has 3 aromatic heterocycles. The lowest BCUT2D eigenvalue weighted by Gasteiger charge is -2.49. The Kier molecular flexibility index (Phi) is 7.17. The molecule has 0 spiro atoms. The largest absolute Gasteiger partial charge is 0.364 e. The molecule has 1 saturated heterocycles. The van der Waals surface area contributed by atoms with Crippen molar-refractivity contribution >= 4 is 16.7 Å². The van der Waals surface area contributed by atoms with Gasteiger partial charge in [0.15, 0.2) is 0 Å². The molecule has 0 aliphatic carbocycles. The summed E-state index contributed by atoms with van der Waals surface area (Å²) in [5, 5.41) is 13.7.